The van der Waals surface area contributed by atoms with Crippen LogP contribution in [-0.4, -0.2) is 35.8 Å². The van der Waals surface area contributed by atoms with E-state index in [-0.39, 0.29) is 30.2 Å². The predicted octanol–water partition coefficient (Wildman–Crippen LogP) is 4.78. The summed E-state index contributed by atoms with van der Waals surface area (Å²) in [7, 11) is 0. The normalized spacial score (nSPS) is 19.8. The van der Waals surface area contributed by atoms with Gasteiger partial charge in [0.25, 0.3) is 0 Å². The summed E-state index contributed by atoms with van der Waals surface area (Å²) in [5.74, 6) is 0.112. The Hall–Kier alpha value is -3.35. The average molecular weight is 498 g/mol. The van der Waals surface area contributed by atoms with Crippen molar-refractivity contribution in [2.75, 3.05) is 0 Å². The molecule has 4 rings (SSSR count). The van der Waals surface area contributed by atoms with Gasteiger partial charge in [-0.05, 0) is 62.6 Å². The van der Waals surface area contributed by atoms with E-state index >= 15 is 0 Å². The molecule has 0 saturated carbocycles. The van der Waals surface area contributed by atoms with Crippen molar-refractivity contribution in [3.05, 3.63) is 59.7 Å². The molecular weight excluding hydrogens is 454 g/mol. The number of rotatable bonds is 2. The van der Waals surface area contributed by atoms with Crippen molar-refractivity contribution >= 4 is 17.7 Å². The number of hydrogen-bond donors (Lipinski definition) is 3. The Morgan fingerprint density at radius 3 is 2.11 bits per heavy atom. The molecule has 3 N–H and O–H groups in total. The lowest BCUT2D eigenvalue weighted by Gasteiger charge is -2.23. The first-order chi connectivity index (χ1) is 17.2. The highest BCUT2D eigenvalue weighted by atomic mass is 16.5. The van der Waals surface area contributed by atoms with Crippen LogP contribution >= 0.6 is 0 Å². The molecule has 7 heteroatoms. The van der Waals surface area contributed by atoms with Gasteiger partial charge in [-0.25, -0.2) is 0 Å². The van der Waals surface area contributed by atoms with Crippen LogP contribution in [0.3, 0.4) is 0 Å². The molecule has 3 atom stereocenters. The quantitative estimate of drug-likeness (QED) is 0.556. The summed E-state index contributed by atoms with van der Waals surface area (Å²) in [6.07, 6.45) is 0.826. The van der Waals surface area contributed by atoms with E-state index in [9.17, 15) is 14.4 Å². The minimum Gasteiger partial charge on any atom is -0.457 e. The first-order valence-corrected chi connectivity index (χ1v) is 13.0. The van der Waals surface area contributed by atoms with Gasteiger partial charge in [0, 0.05) is 18.4 Å². The Labute approximate surface area is 216 Å². The van der Waals surface area contributed by atoms with Crippen molar-refractivity contribution in [1.29, 1.82) is 0 Å². The third kappa shape index (κ3) is 9.72. The first-order valence-electron chi connectivity index (χ1n) is 13.0. The third-order valence-corrected chi connectivity index (χ3v) is 5.30. The smallest absolute Gasteiger partial charge is 0.243 e. The van der Waals surface area contributed by atoms with Crippen molar-refractivity contribution in [2.45, 2.75) is 86.4 Å². The molecule has 1 unspecified atom stereocenters. The number of carbonyl (C=O) groups is 3. The SMILES string of the molecule is CC.CC.CC(C)NC(=O)C1Cc2cccc(c2)Oc2ccc(cc2)C[C@H](C)C(=O)N[C@@H](C)C(=O)N1. The lowest BCUT2D eigenvalue weighted by molar-refractivity contribution is -0.132. The van der Waals surface area contributed by atoms with E-state index in [2.05, 4.69) is 16.0 Å². The second kappa shape index (κ2) is 15.6. The van der Waals surface area contributed by atoms with Gasteiger partial charge in [-0.15, -0.1) is 0 Å². The zero-order valence-corrected chi connectivity index (χ0v) is 23.0. The summed E-state index contributed by atoms with van der Waals surface area (Å²) < 4.78 is 5.98. The van der Waals surface area contributed by atoms with Crippen molar-refractivity contribution < 1.29 is 19.1 Å². The molecule has 0 radical (unpaired) electrons. The minimum atomic E-state index is -0.786. The Morgan fingerprint density at radius 1 is 0.861 bits per heavy atom. The van der Waals surface area contributed by atoms with Gasteiger partial charge in [0.1, 0.15) is 23.6 Å². The maximum absolute atomic E-state index is 12.8. The van der Waals surface area contributed by atoms with Crippen LogP contribution in [0.4, 0.5) is 0 Å². The van der Waals surface area contributed by atoms with Crippen LogP contribution in [0.25, 0.3) is 0 Å². The topological polar surface area (TPSA) is 96.5 Å². The van der Waals surface area contributed by atoms with Crippen LogP contribution in [0, 0.1) is 5.92 Å². The second-order valence-electron chi connectivity index (χ2n) is 8.66. The Bertz CT molecular complexity index is 973. The second-order valence-corrected chi connectivity index (χ2v) is 8.66. The van der Waals surface area contributed by atoms with Crippen LogP contribution in [0.15, 0.2) is 48.5 Å². The number of nitrogens with one attached hydrogen (secondary N) is 3. The number of carbonyl (C=O) groups excluding carboxylic acids is 3. The molecule has 2 heterocycles. The van der Waals surface area contributed by atoms with E-state index < -0.39 is 18.0 Å². The van der Waals surface area contributed by atoms with Crippen LogP contribution in [0.2, 0.25) is 0 Å². The summed E-state index contributed by atoms with van der Waals surface area (Å²) in [4.78, 5) is 38.2. The molecule has 3 amide bonds. The van der Waals surface area contributed by atoms with E-state index in [1.807, 2.05) is 97.0 Å². The van der Waals surface area contributed by atoms with Crippen LogP contribution < -0.4 is 20.7 Å². The summed E-state index contributed by atoms with van der Waals surface area (Å²) >= 11 is 0. The molecule has 2 aromatic rings. The molecule has 0 aliphatic carbocycles. The summed E-state index contributed by atoms with van der Waals surface area (Å²) in [6, 6.07) is 13.4. The van der Waals surface area contributed by atoms with Gasteiger partial charge >= 0.3 is 0 Å². The summed E-state index contributed by atoms with van der Waals surface area (Å²) in [6.45, 7) is 15.2. The number of benzene rings is 2. The van der Waals surface area contributed by atoms with Gasteiger partial charge < -0.3 is 20.7 Å². The molecule has 2 aliphatic heterocycles. The van der Waals surface area contributed by atoms with E-state index in [0.717, 1.165) is 11.1 Å². The number of hydrogen-bond acceptors (Lipinski definition) is 4. The van der Waals surface area contributed by atoms with Crippen LogP contribution in [0.5, 0.6) is 11.5 Å². The lowest BCUT2D eigenvalue weighted by atomic mass is 10.00. The number of fused-ring (bicyclic) bond motifs is 10. The number of amides is 3. The van der Waals surface area contributed by atoms with Gasteiger partial charge in [-0.3, -0.25) is 14.4 Å². The minimum absolute atomic E-state index is 0.0704. The lowest BCUT2D eigenvalue weighted by Crippen LogP contribution is -2.54. The standard InChI is InChI=1S/C25H31N3O4.2C2H6/c1-15(2)26-25(31)22-14-19-6-5-7-21(13-19)32-20-10-8-18(9-11-20)12-16(3)23(29)27-17(4)24(30)28-22;2*1-2/h5-11,13,15-17,22H,12,14H2,1-4H3,(H,26,31)(H,27,29)(H,28,30);2*1-2H3/t16-,17-,22?;;/m0../s1. The fourth-order valence-corrected chi connectivity index (χ4v) is 3.56. The maximum atomic E-state index is 12.8. The Morgan fingerprint density at radius 2 is 1.50 bits per heavy atom. The molecule has 0 fully saturated rings. The monoisotopic (exact) mass is 497 g/mol. The van der Waals surface area contributed by atoms with E-state index in [1.165, 1.54) is 0 Å². The Kier molecular flexibility index (Phi) is 13.3. The highest BCUT2D eigenvalue weighted by Crippen LogP contribution is 2.24. The van der Waals surface area contributed by atoms with Crippen molar-refractivity contribution in [1.82, 2.24) is 16.0 Å². The van der Waals surface area contributed by atoms with Gasteiger partial charge in [0.15, 0.2) is 0 Å². The molecule has 0 aromatic heterocycles. The highest BCUT2D eigenvalue weighted by molar-refractivity contribution is 5.92. The maximum Gasteiger partial charge on any atom is 0.243 e. The summed E-state index contributed by atoms with van der Waals surface area (Å²) in [5, 5.41) is 8.42. The zero-order chi connectivity index (χ0) is 27.3. The van der Waals surface area contributed by atoms with Gasteiger partial charge in [-0.1, -0.05) is 58.9 Å². The van der Waals surface area contributed by atoms with Crippen LogP contribution in [-0.2, 0) is 27.2 Å². The van der Waals surface area contributed by atoms with Crippen molar-refractivity contribution in [2.24, 2.45) is 5.92 Å². The van der Waals surface area contributed by atoms with Gasteiger partial charge in [0.2, 0.25) is 17.7 Å². The fraction of sp³-hybridized carbons (Fsp3) is 0.483. The molecule has 0 saturated heterocycles. The average Bonchev–Trinajstić information content (AvgIpc) is 2.86. The molecule has 36 heavy (non-hydrogen) atoms. The molecular formula is C29H43N3O4. The van der Waals surface area contributed by atoms with Gasteiger partial charge in [-0.2, -0.15) is 0 Å². The van der Waals surface area contributed by atoms with E-state index in [4.69, 9.17) is 4.74 Å². The van der Waals surface area contributed by atoms with Gasteiger partial charge in [0.05, 0.1) is 0 Å². The van der Waals surface area contributed by atoms with E-state index in [1.54, 1.807) is 6.92 Å². The van der Waals surface area contributed by atoms with Crippen molar-refractivity contribution in [3.8, 4) is 11.5 Å². The first kappa shape index (κ1) is 30.7. The van der Waals surface area contributed by atoms with Crippen molar-refractivity contribution in [3.63, 3.8) is 0 Å². The van der Waals surface area contributed by atoms with E-state index in [0.29, 0.717) is 17.9 Å². The number of ether oxygens (including phenoxy) is 1. The zero-order valence-electron chi connectivity index (χ0n) is 23.0. The molecule has 7 nitrogen and oxygen atoms in total. The Balaban J connectivity index is 0.00000154. The highest BCUT2D eigenvalue weighted by Gasteiger charge is 2.26. The third-order valence-electron chi connectivity index (χ3n) is 5.30. The molecule has 4 bridgehead atoms. The fourth-order valence-electron chi connectivity index (χ4n) is 3.56. The molecule has 2 aromatic carbocycles. The molecule has 0 spiro atoms. The molecule has 2 aliphatic rings. The largest absolute Gasteiger partial charge is 0.457 e. The molecule has 198 valence electrons. The summed E-state index contributed by atoms with van der Waals surface area (Å²) in [5.41, 5.74) is 1.85. The van der Waals surface area contributed by atoms with Crippen LogP contribution in [0.1, 0.15) is 66.5 Å². The predicted molar refractivity (Wildman–Crippen MR) is 145 cm³/mol.